The predicted octanol–water partition coefficient (Wildman–Crippen LogP) is 2.66. The van der Waals surface area contributed by atoms with Crippen molar-refractivity contribution in [3.63, 3.8) is 0 Å². The molecule has 7 heteroatoms. The summed E-state index contributed by atoms with van der Waals surface area (Å²) in [5, 5.41) is 8.21. The van der Waals surface area contributed by atoms with Gasteiger partial charge in [0, 0.05) is 12.1 Å². The molecule has 0 spiro atoms. The second-order valence-corrected chi connectivity index (χ2v) is 5.34. The maximum atomic E-state index is 11.8. The van der Waals surface area contributed by atoms with Crippen molar-refractivity contribution in [3.05, 3.63) is 29.8 Å². The number of hydrazone groups is 1. The number of anilines is 1. The van der Waals surface area contributed by atoms with Gasteiger partial charge in [0.2, 0.25) is 11.8 Å². The van der Waals surface area contributed by atoms with E-state index in [-0.39, 0.29) is 11.1 Å². The Morgan fingerprint density at radius 3 is 2.76 bits per heavy atom. The first-order valence-electron chi connectivity index (χ1n) is 6.57. The molecule has 2 rings (SSSR count). The summed E-state index contributed by atoms with van der Waals surface area (Å²) in [7, 11) is 1.54. The largest absolute Gasteiger partial charge is 0.482 e. The van der Waals surface area contributed by atoms with Gasteiger partial charge in [0.25, 0.3) is 0 Å². The Morgan fingerprint density at radius 1 is 1.43 bits per heavy atom. The zero-order chi connectivity index (χ0) is 15.2. The molecule has 0 fully saturated rings. The Morgan fingerprint density at radius 2 is 2.14 bits per heavy atom. The van der Waals surface area contributed by atoms with Crippen molar-refractivity contribution in [1.29, 1.82) is 0 Å². The fraction of sp³-hybridized carbons (Fsp3) is 0.357. The van der Waals surface area contributed by atoms with E-state index >= 15 is 0 Å². The SMILES string of the molecule is CCC(=O)Nc1ccc(CN2N=C(OC)CSC2=O)cc1. The van der Waals surface area contributed by atoms with E-state index in [9.17, 15) is 9.59 Å². The summed E-state index contributed by atoms with van der Waals surface area (Å²) >= 11 is 1.17. The van der Waals surface area contributed by atoms with Crippen LogP contribution in [-0.4, -0.2) is 34.9 Å². The number of thioether (sulfide) groups is 1. The Balaban J connectivity index is 2.02. The van der Waals surface area contributed by atoms with Crippen LogP contribution in [0.5, 0.6) is 0 Å². The number of nitrogens with zero attached hydrogens (tertiary/aromatic N) is 2. The highest BCUT2D eigenvalue weighted by molar-refractivity contribution is 8.14. The molecule has 1 aromatic rings. The van der Waals surface area contributed by atoms with Gasteiger partial charge >= 0.3 is 5.24 Å². The highest BCUT2D eigenvalue weighted by atomic mass is 32.2. The number of nitrogens with one attached hydrogen (secondary N) is 1. The second-order valence-electron chi connectivity index (χ2n) is 4.41. The van der Waals surface area contributed by atoms with Crippen LogP contribution in [0.3, 0.4) is 0 Å². The van der Waals surface area contributed by atoms with Crippen LogP contribution in [0, 0.1) is 0 Å². The molecule has 112 valence electrons. The smallest absolute Gasteiger partial charge is 0.302 e. The Labute approximate surface area is 127 Å². The van der Waals surface area contributed by atoms with Gasteiger partial charge in [-0.2, -0.15) is 0 Å². The van der Waals surface area contributed by atoms with Crippen LogP contribution in [0.4, 0.5) is 10.5 Å². The maximum Gasteiger partial charge on any atom is 0.302 e. The summed E-state index contributed by atoms with van der Waals surface area (Å²) in [5.41, 5.74) is 1.67. The predicted molar refractivity (Wildman–Crippen MR) is 83.2 cm³/mol. The lowest BCUT2D eigenvalue weighted by Crippen LogP contribution is -2.29. The summed E-state index contributed by atoms with van der Waals surface area (Å²) in [4.78, 5) is 23.1. The molecule has 0 saturated heterocycles. The first kappa shape index (κ1) is 15.4. The first-order valence-corrected chi connectivity index (χ1v) is 7.55. The third kappa shape index (κ3) is 4.22. The lowest BCUT2D eigenvalue weighted by atomic mass is 10.2. The van der Waals surface area contributed by atoms with Crippen LogP contribution in [0.15, 0.2) is 29.4 Å². The van der Waals surface area contributed by atoms with Crippen LogP contribution in [0.2, 0.25) is 0 Å². The van der Waals surface area contributed by atoms with Crippen molar-refractivity contribution < 1.29 is 14.3 Å². The minimum absolute atomic E-state index is 0.0281. The minimum Gasteiger partial charge on any atom is -0.482 e. The maximum absolute atomic E-state index is 11.8. The number of rotatable bonds is 4. The van der Waals surface area contributed by atoms with Crippen molar-refractivity contribution in [1.82, 2.24) is 5.01 Å². The van der Waals surface area contributed by atoms with E-state index in [0.717, 1.165) is 11.3 Å². The molecular weight excluding hydrogens is 290 g/mol. The van der Waals surface area contributed by atoms with E-state index in [1.54, 1.807) is 14.0 Å². The number of ether oxygens (including phenoxy) is 1. The van der Waals surface area contributed by atoms with Gasteiger partial charge in [0.15, 0.2) is 0 Å². The van der Waals surface area contributed by atoms with Crippen molar-refractivity contribution in [2.75, 3.05) is 18.2 Å². The summed E-state index contributed by atoms with van der Waals surface area (Å²) in [6, 6.07) is 7.34. The number of amides is 2. The van der Waals surface area contributed by atoms with Gasteiger partial charge in [0.05, 0.1) is 19.4 Å². The van der Waals surface area contributed by atoms with E-state index in [4.69, 9.17) is 4.74 Å². The third-order valence-electron chi connectivity index (χ3n) is 2.89. The molecule has 0 atom stereocenters. The summed E-state index contributed by atoms with van der Waals surface area (Å²) in [6.45, 7) is 2.18. The number of methoxy groups -OCH3 is 1. The average molecular weight is 307 g/mol. The molecule has 0 bridgehead atoms. The standard InChI is InChI=1S/C14H17N3O3S/c1-3-12(18)15-11-6-4-10(5-7-11)8-17-14(19)21-9-13(16-17)20-2/h4-7H,3,8-9H2,1-2H3,(H,15,18). The number of hydrogen-bond donors (Lipinski definition) is 1. The van der Waals surface area contributed by atoms with Crippen LogP contribution in [0.1, 0.15) is 18.9 Å². The Bertz CT molecular complexity index is 557. The van der Waals surface area contributed by atoms with Gasteiger partial charge < -0.3 is 10.1 Å². The summed E-state index contributed by atoms with van der Waals surface area (Å²) in [6.07, 6.45) is 0.440. The van der Waals surface area contributed by atoms with Crippen LogP contribution in [0.25, 0.3) is 0 Å². The van der Waals surface area contributed by atoms with Crippen molar-refractivity contribution >= 4 is 34.5 Å². The molecule has 2 amide bonds. The van der Waals surface area contributed by atoms with Gasteiger partial charge in [-0.1, -0.05) is 30.8 Å². The van der Waals surface area contributed by atoms with Gasteiger partial charge in [-0.3, -0.25) is 9.59 Å². The highest BCUT2D eigenvalue weighted by Gasteiger charge is 2.21. The molecule has 0 aromatic heterocycles. The molecule has 1 aromatic carbocycles. The molecule has 0 aliphatic carbocycles. The lowest BCUT2D eigenvalue weighted by Gasteiger charge is -2.22. The Hall–Kier alpha value is -2.02. The van der Waals surface area contributed by atoms with Crippen molar-refractivity contribution in [3.8, 4) is 0 Å². The zero-order valence-corrected chi connectivity index (χ0v) is 12.8. The number of benzene rings is 1. The third-order valence-corrected chi connectivity index (χ3v) is 3.74. The van der Waals surface area contributed by atoms with E-state index in [0.29, 0.717) is 24.6 Å². The van der Waals surface area contributed by atoms with E-state index in [1.807, 2.05) is 24.3 Å². The van der Waals surface area contributed by atoms with Gasteiger partial charge in [-0.05, 0) is 17.7 Å². The molecule has 1 N–H and O–H groups in total. The van der Waals surface area contributed by atoms with Crippen LogP contribution >= 0.6 is 11.8 Å². The molecular formula is C14H17N3O3S. The lowest BCUT2D eigenvalue weighted by molar-refractivity contribution is -0.115. The second kappa shape index (κ2) is 7.12. The monoisotopic (exact) mass is 307 g/mol. The number of hydrogen-bond acceptors (Lipinski definition) is 5. The van der Waals surface area contributed by atoms with E-state index < -0.39 is 0 Å². The molecule has 1 aliphatic heterocycles. The fourth-order valence-corrected chi connectivity index (χ4v) is 2.39. The molecule has 21 heavy (non-hydrogen) atoms. The molecule has 6 nitrogen and oxygen atoms in total. The van der Waals surface area contributed by atoms with Gasteiger partial charge in [-0.25, -0.2) is 5.01 Å². The first-order chi connectivity index (χ1) is 10.1. The van der Waals surface area contributed by atoms with Crippen LogP contribution in [-0.2, 0) is 16.1 Å². The average Bonchev–Trinajstić information content (AvgIpc) is 2.51. The Kier molecular flexibility index (Phi) is 5.21. The van der Waals surface area contributed by atoms with E-state index in [1.165, 1.54) is 16.8 Å². The summed E-state index contributed by atoms with van der Waals surface area (Å²) in [5.74, 6) is 0.972. The van der Waals surface area contributed by atoms with Crippen molar-refractivity contribution in [2.24, 2.45) is 5.10 Å². The quantitative estimate of drug-likeness (QED) is 0.928. The van der Waals surface area contributed by atoms with Crippen molar-refractivity contribution in [2.45, 2.75) is 19.9 Å². The molecule has 1 aliphatic rings. The topological polar surface area (TPSA) is 71.0 Å². The number of carbonyl (C=O) groups excluding carboxylic acids is 2. The number of carbonyl (C=O) groups is 2. The molecule has 1 heterocycles. The zero-order valence-electron chi connectivity index (χ0n) is 12.0. The molecule has 0 radical (unpaired) electrons. The minimum atomic E-state index is -0.0980. The molecule has 0 unspecified atom stereocenters. The normalized spacial score (nSPS) is 14.7. The van der Waals surface area contributed by atoms with E-state index in [2.05, 4.69) is 10.4 Å². The molecule has 0 saturated carbocycles. The van der Waals surface area contributed by atoms with Crippen LogP contribution < -0.4 is 5.32 Å². The van der Waals surface area contributed by atoms with Gasteiger partial charge in [0.1, 0.15) is 0 Å². The van der Waals surface area contributed by atoms with Gasteiger partial charge in [-0.15, -0.1) is 5.10 Å². The highest BCUT2D eigenvalue weighted by Crippen LogP contribution is 2.20. The summed E-state index contributed by atoms with van der Waals surface area (Å²) < 4.78 is 5.07. The fourth-order valence-electron chi connectivity index (χ4n) is 1.72.